The Morgan fingerprint density at radius 2 is 1.45 bits per heavy atom. The van der Waals surface area contributed by atoms with Gasteiger partial charge in [0.15, 0.2) is 0 Å². The summed E-state index contributed by atoms with van der Waals surface area (Å²) in [5.74, 6) is 0.582. The molecule has 0 bridgehead atoms. The lowest BCUT2D eigenvalue weighted by Gasteiger charge is -2.34. The lowest BCUT2D eigenvalue weighted by atomic mass is 10.1. The standard InChI is InChI=1S/C24H34N2O.2ClH/c1-21(2)19-27-20-24(25-15-9-10-16-25)18-26(23-13-7-4-8-14-23)17-22-11-5-3-6-12-22;;/h3-8,11-14,21,24H,9-10,15-20H2,1-2H3;2*1H. The monoisotopic (exact) mass is 438 g/mol. The van der Waals surface area contributed by atoms with Crippen molar-refractivity contribution in [1.29, 1.82) is 0 Å². The molecule has 0 saturated carbocycles. The molecular weight excluding hydrogens is 403 g/mol. The highest BCUT2D eigenvalue weighted by Gasteiger charge is 2.25. The molecule has 1 unspecified atom stereocenters. The summed E-state index contributed by atoms with van der Waals surface area (Å²) in [4.78, 5) is 5.14. The number of likely N-dealkylation sites (tertiary alicyclic amines) is 1. The fraction of sp³-hybridized carbons (Fsp3) is 0.500. The highest BCUT2D eigenvalue weighted by molar-refractivity contribution is 5.85. The number of nitrogens with zero attached hydrogens (tertiary/aromatic N) is 2. The zero-order valence-corrected chi connectivity index (χ0v) is 19.3. The Hall–Kier alpha value is -1.26. The van der Waals surface area contributed by atoms with Crippen LogP contribution >= 0.6 is 24.8 Å². The number of halogens is 2. The number of hydrogen-bond acceptors (Lipinski definition) is 3. The summed E-state index contributed by atoms with van der Waals surface area (Å²) in [7, 11) is 0. The Bertz CT molecular complexity index is 648. The first kappa shape index (κ1) is 25.8. The third-order valence-electron chi connectivity index (χ3n) is 5.19. The Morgan fingerprint density at radius 1 is 0.862 bits per heavy atom. The van der Waals surface area contributed by atoms with Crippen molar-refractivity contribution in [1.82, 2.24) is 4.90 Å². The van der Waals surface area contributed by atoms with E-state index in [1.807, 2.05) is 0 Å². The third kappa shape index (κ3) is 8.55. The summed E-state index contributed by atoms with van der Waals surface area (Å²) in [5.41, 5.74) is 2.64. The van der Waals surface area contributed by atoms with Crippen molar-refractivity contribution < 1.29 is 4.74 Å². The minimum Gasteiger partial charge on any atom is -0.379 e. The molecule has 0 aliphatic carbocycles. The van der Waals surface area contributed by atoms with Crippen LogP contribution in [0, 0.1) is 5.92 Å². The van der Waals surface area contributed by atoms with Crippen LogP contribution in [0.2, 0.25) is 0 Å². The summed E-state index contributed by atoms with van der Waals surface area (Å²) < 4.78 is 6.09. The van der Waals surface area contributed by atoms with Crippen molar-refractivity contribution in [3.63, 3.8) is 0 Å². The summed E-state index contributed by atoms with van der Waals surface area (Å²) in [6.07, 6.45) is 2.62. The van der Waals surface area contributed by atoms with Gasteiger partial charge in [-0.1, -0.05) is 62.4 Å². The minimum atomic E-state index is 0. The van der Waals surface area contributed by atoms with Crippen LogP contribution in [0.3, 0.4) is 0 Å². The number of ether oxygens (including phenoxy) is 1. The van der Waals surface area contributed by atoms with Gasteiger partial charge < -0.3 is 9.64 Å². The number of benzene rings is 2. The van der Waals surface area contributed by atoms with E-state index in [1.165, 1.54) is 37.2 Å². The third-order valence-corrected chi connectivity index (χ3v) is 5.19. The summed E-state index contributed by atoms with van der Waals surface area (Å²) in [6, 6.07) is 22.0. The zero-order chi connectivity index (χ0) is 18.9. The normalized spacial score (nSPS) is 14.9. The molecule has 1 heterocycles. The highest BCUT2D eigenvalue weighted by atomic mass is 35.5. The summed E-state index contributed by atoms with van der Waals surface area (Å²) >= 11 is 0. The van der Waals surface area contributed by atoms with E-state index in [0.29, 0.717) is 12.0 Å². The van der Waals surface area contributed by atoms with Crippen LogP contribution in [0.15, 0.2) is 60.7 Å². The molecule has 1 fully saturated rings. The van der Waals surface area contributed by atoms with Gasteiger partial charge in [0.25, 0.3) is 0 Å². The topological polar surface area (TPSA) is 15.7 Å². The van der Waals surface area contributed by atoms with Crippen molar-refractivity contribution in [3.05, 3.63) is 66.2 Å². The van der Waals surface area contributed by atoms with Gasteiger partial charge in [-0.15, -0.1) is 24.8 Å². The van der Waals surface area contributed by atoms with Crippen LogP contribution in [-0.2, 0) is 11.3 Å². The molecule has 3 rings (SSSR count). The van der Waals surface area contributed by atoms with E-state index in [0.717, 1.165) is 26.3 Å². The van der Waals surface area contributed by atoms with Gasteiger partial charge in [0.1, 0.15) is 0 Å². The predicted molar refractivity (Wildman–Crippen MR) is 129 cm³/mol. The number of rotatable bonds is 10. The van der Waals surface area contributed by atoms with Gasteiger partial charge >= 0.3 is 0 Å². The predicted octanol–water partition coefficient (Wildman–Crippen LogP) is 5.67. The molecule has 1 saturated heterocycles. The molecule has 5 heteroatoms. The molecule has 1 aliphatic heterocycles. The lowest BCUT2D eigenvalue weighted by Crippen LogP contribution is -2.45. The number of hydrogen-bond donors (Lipinski definition) is 0. The molecule has 1 atom stereocenters. The van der Waals surface area contributed by atoms with Crippen molar-refractivity contribution in [2.45, 2.75) is 39.3 Å². The minimum absolute atomic E-state index is 0. The highest BCUT2D eigenvalue weighted by Crippen LogP contribution is 2.20. The van der Waals surface area contributed by atoms with Crippen LogP contribution in [0.5, 0.6) is 0 Å². The maximum Gasteiger partial charge on any atom is 0.0639 e. The molecule has 1 aliphatic rings. The van der Waals surface area contributed by atoms with Gasteiger partial charge in [-0.05, 0) is 49.5 Å². The SMILES string of the molecule is CC(C)COCC(CN(Cc1ccccc1)c1ccccc1)N1CCCC1.Cl.Cl. The Kier molecular flexibility index (Phi) is 12.3. The van der Waals surface area contributed by atoms with Crippen LogP contribution in [-0.4, -0.2) is 43.8 Å². The lowest BCUT2D eigenvalue weighted by molar-refractivity contribution is 0.0567. The molecule has 0 spiro atoms. The van der Waals surface area contributed by atoms with E-state index >= 15 is 0 Å². The van der Waals surface area contributed by atoms with Crippen molar-refractivity contribution >= 4 is 30.5 Å². The number of anilines is 1. The van der Waals surface area contributed by atoms with Crippen molar-refractivity contribution in [3.8, 4) is 0 Å². The molecular formula is C24H36Cl2N2O. The largest absolute Gasteiger partial charge is 0.379 e. The van der Waals surface area contributed by atoms with Gasteiger partial charge in [-0.25, -0.2) is 0 Å². The van der Waals surface area contributed by atoms with Crippen LogP contribution in [0.1, 0.15) is 32.3 Å². The Morgan fingerprint density at radius 3 is 2.03 bits per heavy atom. The first-order chi connectivity index (χ1) is 13.2. The van der Waals surface area contributed by atoms with Gasteiger partial charge in [0, 0.05) is 25.4 Å². The van der Waals surface area contributed by atoms with E-state index in [4.69, 9.17) is 4.74 Å². The van der Waals surface area contributed by atoms with Crippen molar-refractivity contribution in [2.24, 2.45) is 5.92 Å². The van der Waals surface area contributed by atoms with E-state index in [-0.39, 0.29) is 24.8 Å². The second kappa shape index (κ2) is 13.9. The van der Waals surface area contributed by atoms with Gasteiger partial charge in [-0.3, -0.25) is 4.90 Å². The Labute approximate surface area is 189 Å². The quantitative estimate of drug-likeness (QED) is 0.474. The molecule has 29 heavy (non-hydrogen) atoms. The summed E-state index contributed by atoms with van der Waals surface area (Å²) in [5, 5.41) is 0. The maximum atomic E-state index is 6.09. The molecule has 2 aromatic carbocycles. The molecule has 0 aromatic heterocycles. The fourth-order valence-corrected chi connectivity index (χ4v) is 3.78. The van der Waals surface area contributed by atoms with Crippen LogP contribution < -0.4 is 4.90 Å². The summed E-state index contributed by atoms with van der Waals surface area (Å²) in [6.45, 7) is 10.4. The molecule has 3 nitrogen and oxygen atoms in total. The molecule has 0 radical (unpaired) electrons. The van der Waals surface area contributed by atoms with Crippen molar-refractivity contribution in [2.75, 3.05) is 37.7 Å². The van der Waals surface area contributed by atoms with Crippen LogP contribution in [0.25, 0.3) is 0 Å². The average molecular weight is 439 g/mol. The van der Waals surface area contributed by atoms with E-state index in [2.05, 4.69) is 84.3 Å². The maximum absolute atomic E-state index is 6.09. The van der Waals surface area contributed by atoms with E-state index in [1.54, 1.807) is 0 Å². The Balaban J connectivity index is 0.00000210. The molecule has 2 aromatic rings. The first-order valence-corrected chi connectivity index (χ1v) is 10.4. The second-order valence-electron chi connectivity index (χ2n) is 8.03. The van der Waals surface area contributed by atoms with Crippen LogP contribution in [0.4, 0.5) is 5.69 Å². The first-order valence-electron chi connectivity index (χ1n) is 10.4. The smallest absolute Gasteiger partial charge is 0.0639 e. The molecule has 162 valence electrons. The second-order valence-corrected chi connectivity index (χ2v) is 8.03. The molecule has 0 N–H and O–H groups in total. The van der Waals surface area contributed by atoms with Gasteiger partial charge in [0.05, 0.1) is 12.6 Å². The van der Waals surface area contributed by atoms with E-state index < -0.39 is 0 Å². The molecule has 0 amide bonds. The fourth-order valence-electron chi connectivity index (χ4n) is 3.78. The number of para-hydroxylation sites is 1. The zero-order valence-electron chi connectivity index (χ0n) is 17.7. The van der Waals surface area contributed by atoms with Gasteiger partial charge in [-0.2, -0.15) is 0 Å². The average Bonchev–Trinajstić information content (AvgIpc) is 3.22. The van der Waals surface area contributed by atoms with Gasteiger partial charge in [0.2, 0.25) is 0 Å². The van der Waals surface area contributed by atoms with E-state index in [9.17, 15) is 0 Å².